The SMILES string of the molecule is C[C@@H]1CN(C(=O)c2cc(Br)ccc2F)C[C@@]1(C)CN. The lowest BCUT2D eigenvalue weighted by molar-refractivity contribution is 0.0771. The van der Waals surface area contributed by atoms with Gasteiger partial charge in [-0.25, -0.2) is 4.39 Å². The first-order valence-corrected chi connectivity index (χ1v) is 7.11. The monoisotopic (exact) mass is 328 g/mol. The number of carbonyl (C=O) groups is 1. The van der Waals surface area contributed by atoms with Gasteiger partial charge < -0.3 is 10.6 Å². The largest absolute Gasteiger partial charge is 0.338 e. The fourth-order valence-corrected chi connectivity index (χ4v) is 2.82. The van der Waals surface area contributed by atoms with Crippen molar-refractivity contribution >= 4 is 21.8 Å². The van der Waals surface area contributed by atoms with Crippen LogP contribution in [-0.4, -0.2) is 30.4 Å². The normalized spacial score (nSPS) is 26.8. The van der Waals surface area contributed by atoms with Gasteiger partial charge in [-0.05, 0) is 30.7 Å². The molecule has 0 spiro atoms. The second kappa shape index (κ2) is 5.21. The molecule has 2 atom stereocenters. The van der Waals surface area contributed by atoms with Gasteiger partial charge in [0.25, 0.3) is 5.91 Å². The lowest BCUT2D eigenvalue weighted by atomic mass is 9.81. The van der Waals surface area contributed by atoms with Gasteiger partial charge in [0.2, 0.25) is 0 Å². The molecule has 1 heterocycles. The quantitative estimate of drug-likeness (QED) is 0.907. The third kappa shape index (κ3) is 2.67. The van der Waals surface area contributed by atoms with Crippen LogP contribution in [0.25, 0.3) is 0 Å². The lowest BCUT2D eigenvalue weighted by Gasteiger charge is -2.26. The van der Waals surface area contributed by atoms with Crippen molar-refractivity contribution in [2.45, 2.75) is 13.8 Å². The van der Waals surface area contributed by atoms with Crippen LogP contribution in [0.2, 0.25) is 0 Å². The van der Waals surface area contributed by atoms with Gasteiger partial charge in [0.15, 0.2) is 0 Å². The Kier molecular flexibility index (Phi) is 3.97. The number of hydrogen-bond acceptors (Lipinski definition) is 2. The van der Waals surface area contributed by atoms with Crippen LogP contribution in [0, 0.1) is 17.2 Å². The third-order valence-corrected chi connectivity index (χ3v) is 4.64. The van der Waals surface area contributed by atoms with Crippen molar-refractivity contribution in [1.29, 1.82) is 0 Å². The van der Waals surface area contributed by atoms with Crippen LogP contribution in [0.15, 0.2) is 22.7 Å². The summed E-state index contributed by atoms with van der Waals surface area (Å²) in [6, 6.07) is 4.42. The molecule has 1 saturated heterocycles. The molecule has 1 aromatic carbocycles. The summed E-state index contributed by atoms with van der Waals surface area (Å²) in [5.41, 5.74) is 5.82. The van der Waals surface area contributed by atoms with E-state index >= 15 is 0 Å². The number of rotatable bonds is 2. The van der Waals surface area contributed by atoms with Gasteiger partial charge in [0.1, 0.15) is 5.82 Å². The molecule has 2 rings (SSSR count). The average molecular weight is 329 g/mol. The maximum absolute atomic E-state index is 13.8. The number of nitrogens with zero attached hydrogens (tertiary/aromatic N) is 1. The topological polar surface area (TPSA) is 46.3 Å². The number of halogens is 2. The highest BCUT2D eigenvalue weighted by Gasteiger charge is 2.41. The molecule has 0 saturated carbocycles. The predicted octanol–water partition coefficient (Wildman–Crippen LogP) is 2.65. The molecule has 3 nitrogen and oxygen atoms in total. The number of likely N-dealkylation sites (tertiary alicyclic amines) is 1. The zero-order chi connectivity index (χ0) is 14.2. The van der Waals surface area contributed by atoms with E-state index in [0.29, 0.717) is 30.0 Å². The highest BCUT2D eigenvalue weighted by molar-refractivity contribution is 9.10. The number of benzene rings is 1. The molecule has 1 aromatic rings. The van der Waals surface area contributed by atoms with Crippen molar-refractivity contribution in [2.24, 2.45) is 17.1 Å². The van der Waals surface area contributed by atoms with Crippen molar-refractivity contribution in [3.8, 4) is 0 Å². The third-order valence-electron chi connectivity index (χ3n) is 4.15. The number of amides is 1. The van der Waals surface area contributed by atoms with Crippen LogP contribution in [0.1, 0.15) is 24.2 Å². The standard InChI is InChI=1S/C14H18BrFN2O/c1-9-6-18(8-14(9,2)7-17)13(19)11-5-10(15)3-4-12(11)16/h3-5,9H,6-8,17H2,1-2H3/t9-,14-/m1/s1. The van der Waals surface area contributed by atoms with Crippen molar-refractivity contribution in [1.82, 2.24) is 4.90 Å². The molecule has 1 fully saturated rings. The molecule has 2 N–H and O–H groups in total. The summed E-state index contributed by atoms with van der Waals surface area (Å²) in [7, 11) is 0. The Labute approximate surface area is 121 Å². The summed E-state index contributed by atoms with van der Waals surface area (Å²) in [6.45, 7) is 5.88. The minimum Gasteiger partial charge on any atom is -0.338 e. The van der Waals surface area contributed by atoms with Crippen LogP contribution in [0.5, 0.6) is 0 Å². The summed E-state index contributed by atoms with van der Waals surface area (Å²) in [5.74, 6) is -0.429. The molecule has 1 aliphatic heterocycles. The molecule has 0 aliphatic carbocycles. The van der Waals surface area contributed by atoms with Gasteiger partial charge in [0, 0.05) is 23.0 Å². The molecule has 0 radical (unpaired) electrons. The van der Waals surface area contributed by atoms with E-state index in [2.05, 4.69) is 29.8 Å². The predicted molar refractivity (Wildman–Crippen MR) is 76.3 cm³/mol. The van der Waals surface area contributed by atoms with Gasteiger partial charge in [0.05, 0.1) is 5.56 Å². The number of nitrogens with two attached hydrogens (primary N) is 1. The second-order valence-electron chi connectivity index (χ2n) is 5.57. The summed E-state index contributed by atoms with van der Waals surface area (Å²) < 4.78 is 14.5. The fraction of sp³-hybridized carbons (Fsp3) is 0.500. The Hall–Kier alpha value is -0.940. The van der Waals surface area contributed by atoms with E-state index in [1.165, 1.54) is 12.1 Å². The van der Waals surface area contributed by atoms with Crippen molar-refractivity contribution < 1.29 is 9.18 Å². The summed E-state index contributed by atoms with van der Waals surface area (Å²) >= 11 is 3.26. The first-order valence-electron chi connectivity index (χ1n) is 6.32. The van der Waals surface area contributed by atoms with Crippen LogP contribution in [0.4, 0.5) is 4.39 Å². The average Bonchev–Trinajstić information content (AvgIpc) is 2.69. The van der Waals surface area contributed by atoms with Gasteiger partial charge >= 0.3 is 0 Å². The van der Waals surface area contributed by atoms with Gasteiger partial charge in [-0.1, -0.05) is 29.8 Å². The van der Waals surface area contributed by atoms with E-state index in [1.807, 2.05) is 0 Å². The van der Waals surface area contributed by atoms with Crippen LogP contribution in [0.3, 0.4) is 0 Å². The Bertz CT molecular complexity index is 508. The Morgan fingerprint density at radius 1 is 1.63 bits per heavy atom. The van der Waals surface area contributed by atoms with E-state index in [1.54, 1.807) is 11.0 Å². The second-order valence-corrected chi connectivity index (χ2v) is 6.48. The lowest BCUT2D eigenvalue weighted by Crippen LogP contribution is -2.36. The maximum atomic E-state index is 13.8. The molecule has 5 heteroatoms. The van der Waals surface area contributed by atoms with Crippen molar-refractivity contribution in [3.05, 3.63) is 34.1 Å². The van der Waals surface area contributed by atoms with E-state index in [9.17, 15) is 9.18 Å². The molecular formula is C14H18BrFN2O. The molecule has 0 bridgehead atoms. The molecule has 1 amide bonds. The maximum Gasteiger partial charge on any atom is 0.256 e. The Morgan fingerprint density at radius 2 is 2.32 bits per heavy atom. The van der Waals surface area contributed by atoms with Gasteiger partial charge in [-0.3, -0.25) is 4.79 Å². The van der Waals surface area contributed by atoms with Gasteiger partial charge in [-0.2, -0.15) is 0 Å². The molecule has 0 aromatic heterocycles. The minimum absolute atomic E-state index is 0.0852. The Morgan fingerprint density at radius 3 is 2.89 bits per heavy atom. The number of hydrogen-bond donors (Lipinski definition) is 1. The van der Waals surface area contributed by atoms with E-state index in [4.69, 9.17) is 5.73 Å². The summed E-state index contributed by atoms with van der Waals surface area (Å²) in [5, 5.41) is 0. The molecule has 0 unspecified atom stereocenters. The fourth-order valence-electron chi connectivity index (χ4n) is 2.46. The molecule has 19 heavy (non-hydrogen) atoms. The smallest absolute Gasteiger partial charge is 0.256 e. The first-order chi connectivity index (χ1) is 8.87. The summed E-state index contributed by atoms with van der Waals surface area (Å²) in [4.78, 5) is 14.1. The zero-order valence-corrected chi connectivity index (χ0v) is 12.7. The van der Waals surface area contributed by atoms with E-state index < -0.39 is 5.82 Å². The highest BCUT2D eigenvalue weighted by atomic mass is 79.9. The molecule has 1 aliphatic rings. The van der Waals surface area contributed by atoms with Gasteiger partial charge in [-0.15, -0.1) is 0 Å². The van der Waals surface area contributed by atoms with E-state index in [0.717, 1.165) is 0 Å². The van der Waals surface area contributed by atoms with Crippen LogP contribution < -0.4 is 5.73 Å². The highest BCUT2D eigenvalue weighted by Crippen LogP contribution is 2.35. The van der Waals surface area contributed by atoms with Crippen molar-refractivity contribution in [3.63, 3.8) is 0 Å². The zero-order valence-electron chi connectivity index (χ0n) is 11.1. The molecule has 104 valence electrons. The molecular weight excluding hydrogens is 311 g/mol. The first kappa shape index (κ1) is 14.5. The summed E-state index contributed by atoms with van der Waals surface area (Å²) in [6.07, 6.45) is 0. The minimum atomic E-state index is -0.484. The van der Waals surface area contributed by atoms with Crippen LogP contribution in [-0.2, 0) is 0 Å². The van der Waals surface area contributed by atoms with Crippen LogP contribution >= 0.6 is 15.9 Å². The van der Waals surface area contributed by atoms with Crippen molar-refractivity contribution in [2.75, 3.05) is 19.6 Å². The number of carbonyl (C=O) groups excluding carboxylic acids is 1. The Balaban J connectivity index is 2.24. The van der Waals surface area contributed by atoms with E-state index in [-0.39, 0.29) is 16.9 Å².